The van der Waals surface area contributed by atoms with Gasteiger partial charge >= 0.3 is 0 Å². The van der Waals surface area contributed by atoms with Gasteiger partial charge in [0.15, 0.2) is 0 Å². The van der Waals surface area contributed by atoms with E-state index in [4.69, 9.17) is 0 Å². The van der Waals surface area contributed by atoms with Crippen molar-refractivity contribution >= 4 is 0 Å². The van der Waals surface area contributed by atoms with Gasteiger partial charge in [0.05, 0.1) is 0 Å². The highest BCUT2D eigenvalue weighted by molar-refractivity contribution is 5.28. The molecule has 1 saturated heterocycles. The highest BCUT2D eigenvalue weighted by Gasteiger charge is 2.19. The van der Waals surface area contributed by atoms with Crippen LogP contribution in [0.1, 0.15) is 65.0 Å². The van der Waals surface area contributed by atoms with Crippen LogP contribution in [0.5, 0.6) is 0 Å². The zero-order chi connectivity index (χ0) is 16.2. The zero-order valence-electron chi connectivity index (χ0n) is 15.4. The Kier molecular flexibility index (Phi) is 6.09. The highest BCUT2D eigenvalue weighted by atomic mass is 15.1. The van der Waals surface area contributed by atoms with Crippen LogP contribution >= 0.6 is 0 Å². The fourth-order valence-corrected chi connectivity index (χ4v) is 3.66. The molecule has 124 valence electrons. The van der Waals surface area contributed by atoms with E-state index in [1.54, 1.807) is 0 Å². The van der Waals surface area contributed by atoms with Gasteiger partial charge in [0.25, 0.3) is 0 Å². The first-order valence-corrected chi connectivity index (χ1v) is 9.22. The minimum atomic E-state index is 0.300. The van der Waals surface area contributed by atoms with Crippen LogP contribution in [-0.2, 0) is 11.8 Å². The Balaban J connectivity index is 1.87. The maximum Gasteiger partial charge on any atom is 0.00103 e. The van der Waals surface area contributed by atoms with Gasteiger partial charge in [-0.2, -0.15) is 0 Å². The summed E-state index contributed by atoms with van der Waals surface area (Å²) in [6.45, 7) is 15.6. The molecule has 1 aromatic rings. The summed E-state index contributed by atoms with van der Waals surface area (Å²) in [5, 5.41) is 0. The van der Waals surface area contributed by atoms with Gasteiger partial charge in [-0.1, -0.05) is 58.9 Å². The number of likely N-dealkylation sites (tertiary alicyclic amines) is 1. The number of benzene rings is 1. The summed E-state index contributed by atoms with van der Waals surface area (Å²) in [5.74, 6) is 1.63. The molecule has 0 unspecified atom stereocenters. The van der Waals surface area contributed by atoms with Crippen LogP contribution < -0.4 is 0 Å². The molecule has 0 saturated carbocycles. The van der Waals surface area contributed by atoms with E-state index in [0.717, 1.165) is 11.8 Å². The van der Waals surface area contributed by atoms with E-state index >= 15 is 0 Å². The summed E-state index contributed by atoms with van der Waals surface area (Å²) in [6, 6.07) is 9.38. The Morgan fingerprint density at radius 2 is 1.91 bits per heavy atom. The summed E-state index contributed by atoms with van der Waals surface area (Å²) in [7, 11) is 0. The second-order valence-electron chi connectivity index (χ2n) is 8.25. The lowest BCUT2D eigenvalue weighted by molar-refractivity contribution is 0.162. The lowest BCUT2D eigenvalue weighted by Crippen LogP contribution is -2.37. The van der Waals surface area contributed by atoms with Crippen LogP contribution in [-0.4, -0.2) is 24.5 Å². The molecule has 1 heterocycles. The molecule has 1 aliphatic rings. The third kappa shape index (κ3) is 4.84. The molecule has 2 rings (SSSR count). The van der Waals surface area contributed by atoms with Crippen LogP contribution in [0.2, 0.25) is 0 Å². The van der Waals surface area contributed by atoms with Gasteiger partial charge in [0.1, 0.15) is 0 Å². The van der Waals surface area contributed by atoms with Crippen molar-refractivity contribution in [2.45, 2.75) is 65.7 Å². The molecule has 0 amide bonds. The maximum atomic E-state index is 2.67. The SMILES string of the molecule is CCC(C)(C)c1ccc(C[C@H](C)CN2CCC[C@H](C)C2)cc1. The Morgan fingerprint density at radius 1 is 1.23 bits per heavy atom. The zero-order valence-corrected chi connectivity index (χ0v) is 15.4. The van der Waals surface area contributed by atoms with Crippen molar-refractivity contribution in [3.63, 3.8) is 0 Å². The van der Waals surface area contributed by atoms with Crippen molar-refractivity contribution < 1.29 is 0 Å². The molecular weight excluding hydrogens is 266 g/mol. The fourth-order valence-electron chi connectivity index (χ4n) is 3.66. The van der Waals surface area contributed by atoms with Crippen LogP contribution in [0.4, 0.5) is 0 Å². The normalized spacial score (nSPS) is 21.8. The average Bonchev–Trinajstić information content (AvgIpc) is 2.47. The van der Waals surface area contributed by atoms with E-state index in [9.17, 15) is 0 Å². The first-order chi connectivity index (χ1) is 10.4. The van der Waals surface area contributed by atoms with Gasteiger partial charge in [0, 0.05) is 13.1 Å². The van der Waals surface area contributed by atoms with Gasteiger partial charge in [-0.3, -0.25) is 0 Å². The molecule has 1 aliphatic heterocycles. The predicted octanol–water partition coefficient (Wildman–Crippen LogP) is 5.28. The Bertz CT molecular complexity index is 445. The predicted molar refractivity (Wildman–Crippen MR) is 97.5 cm³/mol. The topological polar surface area (TPSA) is 3.24 Å². The highest BCUT2D eigenvalue weighted by Crippen LogP contribution is 2.27. The van der Waals surface area contributed by atoms with E-state index in [-0.39, 0.29) is 0 Å². The van der Waals surface area contributed by atoms with E-state index < -0.39 is 0 Å². The molecule has 1 aromatic carbocycles. The van der Waals surface area contributed by atoms with Crippen LogP contribution in [0.15, 0.2) is 24.3 Å². The molecule has 0 radical (unpaired) electrons. The largest absolute Gasteiger partial charge is 0.303 e. The van der Waals surface area contributed by atoms with Crippen molar-refractivity contribution in [1.29, 1.82) is 0 Å². The van der Waals surface area contributed by atoms with Gasteiger partial charge < -0.3 is 4.90 Å². The minimum Gasteiger partial charge on any atom is -0.303 e. The first-order valence-electron chi connectivity index (χ1n) is 9.22. The molecule has 1 fully saturated rings. The van der Waals surface area contributed by atoms with Crippen LogP contribution in [0, 0.1) is 11.8 Å². The lowest BCUT2D eigenvalue weighted by atomic mass is 9.82. The smallest absolute Gasteiger partial charge is 0.00103 e. The third-order valence-electron chi connectivity index (χ3n) is 5.51. The van der Waals surface area contributed by atoms with Crippen LogP contribution in [0.25, 0.3) is 0 Å². The van der Waals surface area contributed by atoms with Crippen molar-refractivity contribution in [3.8, 4) is 0 Å². The molecular formula is C21H35N. The monoisotopic (exact) mass is 301 g/mol. The van der Waals surface area contributed by atoms with E-state index in [1.165, 1.54) is 56.4 Å². The first kappa shape index (κ1) is 17.5. The summed E-state index contributed by atoms with van der Waals surface area (Å²) in [5.41, 5.74) is 3.26. The number of hydrogen-bond donors (Lipinski definition) is 0. The summed E-state index contributed by atoms with van der Waals surface area (Å²) in [6.07, 6.45) is 5.20. The Labute approximate surface area is 138 Å². The number of nitrogens with zero attached hydrogens (tertiary/aromatic N) is 1. The second kappa shape index (κ2) is 7.64. The maximum absolute atomic E-state index is 2.67. The van der Waals surface area contributed by atoms with Crippen molar-refractivity contribution in [3.05, 3.63) is 35.4 Å². The number of piperidine rings is 1. The Morgan fingerprint density at radius 3 is 2.50 bits per heavy atom. The number of hydrogen-bond acceptors (Lipinski definition) is 1. The molecule has 0 aliphatic carbocycles. The molecule has 2 atom stereocenters. The molecule has 0 bridgehead atoms. The third-order valence-corrected chi connectivity index (χ3v) is 5.51. The van der Waals surface area contributed by atoms with Crippen molar-refractivity contribution in [2.24, 2.45) is 11.8 Å². The minimum absolute atomic E-state index is 0.300. The Hall–Kier alpha value is -0.820. The van der Waals surface area contributed by atoms with E-state index in [0.29, 0.717) is 5.41 Å². The lowest BCUT2D eigenvalue weighted by Gasteiger charge is -2.32. The van der Waals surface area contributed by atoms with Gasteiger partial charge in [-0.25, -0.2) is 0 Å². The van der Waals surface area contributed by atoms with Gasteiger partial charge in [-0.15, -0.1) is 0 Å². The van der Waals surface area contributed by atoms with Gasteiger partial charge in [0.2, 0.25) is 0 Å². The average molecular weight is 302 g/mol. The van der Waals surface area contributed by atoms with Crippen LogP contribution in [0.3, 0.4) is 0 Å². The summed E-state index contributed by atoms with van der Waals surface area (Å²) < 4.78 is 0. The molecule has 0 spiro atoms. The molecule has 1 nitrogen and oxygen atoms in total. The van der Waals surface area contributed by atoms with E-state index in [1.807, 2.05) is 0 Å². The standard InChI is InChI=1S/C21H35N/c1-6-21(4,5)20-11-9-19(10-12-20)14-18(3)16-22-13-7-8-17(2)15-22/h9-12,17-18H,6-8,13-16H2,1-5H3/t17-,18-/m0/s1. The van der Waals surface area contributed by atoms with E-state index in [2.05, 4.69) is 63.8 Å². The quantitative estimate of drug-likeness (QED) is 0.690. The van der Waals surface area contributed by atoms with Crippen molar-refractivity contribution in [1.82, 2.24) is 4.90 Å². The second-order valence-corrected chi connectivity index (χ2v) is 8.25. The summed E-state index contributed by atoms with van der Waals surface area (Å²) >= 11 is 0. The molecule has 22 heavy (non-hydrogen) atoms. The fraction of sp³-hybridized carbons (Fsp3) is 0.714. The van der Waals surface area contributed by atoms with Crippen molar-refractivity contribution in [2.75, 3.05) is 19.6 Å². The molecule has 1 heteroatoms. The number of rotatable bonds is 6. The molecule has 0 N–H and O–H groups in total. The van der Waals surface area contributed by atoms with Gasteiger partial charge in [-0.05, 0) is 60.6 Å². The summed E-state index contributed by atoms with van der Waals surface area (Å²) in [4.78, 5) is 2.67. The molecule has 0 aromatic heterocycles.